The number of carbonyl (C=O) groups is 2. The van der Waals surface area contributed by atoms with E-state index >= 15 is 0 Å². The average Bonchev–Trinajstić information content (AvgIpc) is 3.21. The topological polar surface area (TPSA) is 75.7 Å². The molecule has 3 heterocycles. The van der Waals surface area contributed by atoms with E-state index in [1.165, 1.54) is 0 Å². The van der Waals surface area contributed by atoms with Gasteiger partial charge < -0.3 is 19.1 Å². The highest BCUT2D eigenvalue weighted by atomic mass is 79.9. The number of rotatable bonds is 4. The smallest absolute Gasteiger partial charge is 0.289 e. The van der Waals surface area contributed by atoms with Gasteiger partial charge in [0.2, 0.25) is 0 Å². The molecule has 2 amide bonds. The molecule has 0 spiro atoms. The van der Waals surface area contributed by atoms with Gasteiger partial charge in [-0.15, -0.1) is 0 Å². The summed E-state index contributed by atoms with van der Waals surface area (Å²) in [4.78, 5) is 26.0. The molecular weight excluding hydrogens is 444 g/mol. The summed E-state index contributed by atoms with van der Waals surface area (Å²) in [6, 6.07) is 6.69. The molecule has 3 rings (SSSR count). The fraction of sp³-hybridized carbons (Fsp3) is 0.375. The van der Waals surface area contributed by atoms with Gasteiger partial charge in [0.05, 0.1) is 0 Å². The Morgan fingerprint density at radius 2 is 1.62 bits per heavy atom. The molecule has 1 saturated heterocycles. The SMILES string of the molecule is O=C(NCC1CCN(C(=O)c2ccc(Br)o2)CC1)c1ccc(Br)o1. The van der Waals surface area contributed by atoms with Crippen LogP contribution in [0.15, 0.2) is 42.4 Å². The molecule has 128 valence electrons. The lowest BCUT2D eigenvalue weighted by atomic mass is 9.96. The van der Waals surface area contributed by atoms with Gasteiger partial charge in [0.1, 0.15) is 0 Å². The lowest BCUT2D eigenvalue weighted by Gasteiger charge is -2.31. The molecule has 1 aliphatic rings. The normalized spacial score (nSPS) is 15.5. The third-order valence-electron chi connectivity index (χ3n) is 4.03. The molecule has 1 aliphatic heterocycles. The van der Waals surface area contributed by atoms with Crippen molar-refractivity contribution in [2.24, 2.45) is 5.92 Å². The van der Waals surface area contributed by atoms with Crippen LogP contribution in [0.2, 0.25) is 0 Å². The zero-order valence-electron chi connectivity index (χ0n) is 12.8. The number of nitrogens with one attached hydrogen (secondary N) is 1. The van der Waals surface area contributed by atoms with Crippen LogP contribution in [-0.2, 0) is 0 Å². The number of hydrogen-bond acceptors (Lipinski definition) is 4. The fourth-order valence-corrected chi connectivity index (χ4v) is 3.30. The van der Waals surface area contributed by atoms with Crippen molar-refractivity contribution in [2.45, 2.75) is 12.8 Å². The summed E-state index contributed by atoms with van der Waals surface area (Å²) >= 11 is 6.37. The van der Waals surface area contributed by atoms with Gasteiger partial charge in [-0.2, -0.15) is 0 Å². The van der Waals surface area contributed by atoms with Crippen molar-refractivity contribution in [1.29, 1.82) is 0 Å². The Labute approximate surface area is 155 Å². The first-order chi connectivity index (χ1) is 11.5. The van der Waals surface area contributed by atoms with Gasteiger partial charge in [0, 0.05) is 19.6 Å². The van der Waals surface area contributed by atoms with Gasteiger partial charge in [-0.25, -0.2) is 0 Å². The third-order valence-corrected chi connectivity index (χ3v) is 4.89. The molecule has 24 heavy (non-hydrogen) atoms. The molecule has 0 atom stereocenters. The Balaban J connectivity index is 1.45. The number of hydrogen-bond donors (Lipinski definition) is 1. The minimum atomic E-state index is -0.223. The van der Waals surface area contributed by atoms with Crippen LogP contribution in [0.3, 0.4) is 0 Å². The molecule has 0 bridgehead atoms. The minimum Gasteiger partial charge on any atom is -0.444 e. The van der Waals surface area contributed by atoms with Crippen LogP contribution in [0.1, 0.15) is 34.0 Å². The number of amides is 2. The van der Waals surface area contributed by atoms with Gasteiger partial charge in [0.15, 0.2) is 20.9 Å². The number of halogens is 2. The van der Waals surface area contributed by atoms with E-state index < -0.39 is 0 Å². The van der Waals surface area contributed by atoms with Crippen molar-refractivity contribution in [1.82, 2.24) is 10.2 Å². The molecule has 6 nitrogen and oxygen atoms in total. The molecule has 0 saturated carbocycles. The minimum absolute atomic E-state index is 0.0939. The Bertz CT molecular complexity index is 732. The zero-order valence-corrected chi connectivity index (χ0v) is 15.9. The summed E-state index contributed by atoms with van der Waals surface area (Å²) in [5.41, 5.74) is 0. The summed E-state index contributed by atoms with van der Waals surface area (Å²) in [6.07, 6.45) is 1.69. The second-order valence-electron chi connectivity index (χ2n) is 5.65. The molecule has 2 aromatic heterocycles. The average molecular weight is 460 g/mol. The number of likely N-dealkylation sites (tertiary alicyclic amines) is 1. The van der Waals surface area contributed by atoms with E-state index in [1.807, 2.05) is 0 Å². The summed E-state index contributed by atoms with van der Waals surface area (Å²) in [6.45, 7) is 1.89. The van der Waals surface area contributed by atoms with Gasteiger partial charge in [0.25, 0.3) is 11.8 Å². The molecular formula is C16H16Br2N2O4. The van der Waals surface area contributed by atoms with E-state index in [1.54, 1.807) is 29.2 Å². The van der Waals surface area contributed by atoms with Crippen molar-refractivity contribution in [3.8, 4) is 0 Å². The highest BCUT2D eigenvalue weighted by Crippen LogP contribution is 2.21. The first-order valence-electron chi connectivity index (χ1n) is 7.61. The lowest BCUT2D eigenvalue weighted by Crippen LogP contribution is -2.41. The third kappa shape index (κ3) is 4.10. The predicted octanol–water partition coefficient (Wildman–Crippen LogP) is 3.68. The Kier molecular flexibility index (Phi) is 5.45. The van der Waals surface area contributed by atoms with Crippen molar-refractivity contribution in [3.05, 3.63) is 45.1 Å². The first-order valence-corrected chi connectivity index (χ1v) is 9.19. The Hall–Kier alpha value is -1.54. The van der Waals surface area contributed by atoms with Gasteiger partial charge >= 0.3 is 0 Å². The van der Waals surface area contributed by atoms with Crippen LogP contribution in [-0.4, -0.2) is 36.3 Å². The quantitative estimate of drug-likeness (QED) is 0.756. The summed E-state index contributed by atoms with van der Waals surface area (Å²) in [7, 11) is 0. The standard InChI is InChI=1S/C16H16Br2N2O4/c17-13-3-1-11(23-13)15(21)19-9-10-5-7-20(8-6-10)16(22)12-2-4-14(18)24-12/h1-4,10H,5-9H2,(H,19,21). The second-order valence-corrected chi connectivity index (χ2v) is 7.22. The van der Waals surface area contributed by atoms with E-state index in [2.05, 4.69) is 37.2 Å². The summed E-state index contributed by atoms with van der Waals surface area (Å²) in [5, 5.41) is 2.88. The van der Waals surface area contributed by atoms with Gasteiger partial charge in [-0.3, -0.25) is 9.59 Å². The van der Waals surface area contributed by atoms with Crippen molar-refractivity contribution in [2.75, 3.05) is 19.6 Å². The highest BCUT2D eigenvalue weighted by molar-refractivity contribution is 9.10. The summed E-state index contributed by atoms with van der Waals surface area (Å²) < 4.78 is 11.6. The maximum atomic E-state index is 12.3. The van der Waals surface area contributed by atoms with E-state index in [-0.39, 0.29) is 17.6 Å². The maximum Gasteiger partial charge on any atom is 0.289 e. The fourth-order valence-electron chi connectivity index (χ4n) is 2.69. The first kappa shape index (κ1) is 17.3. The largest absolute Gasteiger partial charge is 0.444 e. The highest BCUT2D eigenvalue weighted by Gasteiger charge is 2.25. The van der Waals surface area contributed by atoms with Crippen molar-refractivity contribution in [3.63, 3.8) is 0 Å². The zero-order chi connectivity index (χ0) is 17.1. The van der Waals surface area contributed by atoms with Crippen LogP contribution in [0.25, 0.3) is 0 Å². The second kappa shape index (κ2) is 7.57. The van der Waals surface area contributed by atoms with Gasteiger partial charge in [-0.1, -0.05) is 0 Å². The Morgan fingerprint density at radius 3 is 2.17 bits per heavy atom. The maximum absolute atomic E-state index is 12.3. The van der Waals surface area contributed by atoms with Crippen LogP contribution in [0, 0.1) is 5.92 Å². The summed E-state index contributed by atoms with van der Waals surface area (Å²) in [5.74, 6) is 0.665. The number of furan rings is 2. The molecule has 1 N–H and O–H groups in total. The monoisotopic (exact) mass is 458 g/mol. The van der Waals surface area contributed by atoms with Crippen LogP contribution in [0.4, 0.5) is 0 Å². The van der Waals surface area contributed by atoms with E-state index in [0.717, 1.165) is 12.8 Å². The predicted molar refractivity (Wildman–Crippen MR) is 93.8 cm³/mol. The molecule has 2 aromatic rings. The van der Waals surface area contributed by atoms with Crippen molar-refractivity contribution < 1.29 is 18.4 Å². The van der Waals surface area contributed by atoms with Crippen LogP contribution in [0.5, 0.6) is 0 Å². The molecule has 0 aliphatic carbocycles. The van der Waals surface area contributed by atoms with E-state index in [4.69, 9.17) is 8.83 Å². The number of carbonyl (C=O) groups excluding carboxylic acids is 2. The van der Waals surface area contributed by atoms with Crippen LogP contribution < -0.4 is 5.32 Å². The molecule has 0 aromatic carbocycles. The van der Waals surface area contributed by atoms with Crippen molar-refractivity contribution >= 4 is 43.7 Å². The molecule has 8 heteroatoms. The lowest BCUT2D eigenvalue weighted by molar-refractivity contribution is 0.0651. The molecule has 1 fully saturated rings. The van der Waals surface area contributed by atoms with E-state index in [0.29, 0.717) is 40.7 Å². The number of piperidine rings is 1. The molecule has 0 unspecified atom stereocenters. The molecule has 0 radical (unpaired) electrons. The van der Waals surface area contributed by atoms with E-state index in [9.17, 15) is 9.59 Å². The van der Waals surface area contributed by atoms with Crippen LogP contribution >= 0.6 is 31.9 Å². The Morgan fingerprint density at radius 1 is 1.04 bits per heavy atom. The van der Waals surface area contributed by atoms with Gasteiger partial charge in [-0.05, 0) is 74.9 Å². The number of nitrogens with zero attached hydrogens (tertiary/aromatic N) is 1.